The summed E-state index contributed by atoms with van der Waals surface area (Å²) in [6.45, 7) is 1.10. The first kappa shape index (κ1) is 13.2. The summed E-state index contributed by atoms with van der Waals surface area (Å²) < 4.78 is 2.28. The topological polar surface area (TPSA) is 17.8 Å². The van der Waals surface area contributed by atoms with Crippen LogP contribution in [0.4, 0.5) is 0 Å². The first-order valence-corrected chi connectivity index (χ1v) is 8.17. The molecule has 1 aliphatic heterocycles. The molecule has 0 aromatic carbocycles. The Bertz CT molecular complexity index is 415. The number of fused-ring (bicyclic) bond motifs is 1. The van der Waals surface area contributed by atoms with Crippen LogP contribution in [0.15, 0.2) is 6.20 Å². The van der Waals surface area contributed by atoms with Crippen LogP contribution in [0.3, 0.4) is 0 Å². The van der Waals surface area contributed by atoms with E-state index >= 15 is 0 Å². The van der Waals surface area contributed by atoms with Gasteiger partial charge in [0.2, 0.25) is 0 Å². The zero-order chi connectivity index (χ0) is 10.9. The second-order valence-corrected chi connectivity index (χ2v) is 8.62. The smallest absolute Gasteiger partial charge is 0.186 e. The molecule has 0 bridgehead atoms. The summed E-state index contributed by atoms with van der Waals surface area (Å²) in [5, 5.41) is 3.32. The van der Waals surface area contributed by atoms with Crippen molar-refractivity contribution < 1.29 is 0 Å². The fraction of sp³-hybridized carbons (Fsp3) is 0.615. The van der Waals surface area contributed by atoms with Crippen LogP contribution < -0.4 is 0 Å². The predicted molar refractivity (Wildman–Crippen MR) is 74.1 cm³/mol. The van der Waals surface area contributed by atoms with E-state index in [2.05, 4.69) is 39.5 Å². The molecule has 2 nitrogen and oxygen atoms in total. The van der Waals surface area contributed by atoms with Gasteiger partial charge in [0.15, 0.2) is 5.82 Å². The maximum atomic E-state index is 4.40. The molecule has 90 valence electrons. The predicted octanol–water partition coefficient (Wildman–Crippen LogP) is 2.86. The van der Waals surface area contributed by atoms with Gasteiger partial charge >= 0.3 is 0 Å². The van der Waals surface area contributed by atoms with Crippen LogP contribution in [0.2, 0.25) is 0 Å². The van der Waals surface area contributed by atoms with E-state index in [1.807, 2.05) is 6.20 Å². The third-order valence-corrected chi connectivity index (χ3v) is 3.19. The minimum absolute atomic E-state index is 0. The molecule has 0 unspecified atom stereocenters. The Labute approximate surface area is 101 Å². The summed E-state index contributed by atoms with van der Waals surface area (Å²) in [5.74, 6) is 4.20. The molecule has 1 aromatic rings. The Balaban J connectivity index is 0.00000128. The highest BCUT2D eigenvalue weighted by Crippen LogP contribution is 2.32. The number of imidazole rings is 1. The van der Waals surface area contributed by atoms with Crippen LogP contribution in [-0.2, 0) is 13.0 Å². The van der Waals surface area contributed by atoms with Gasteiger partial charge in [0.1, 0.15) is 0 Å². The highest BCUT2D eigenvalue weighted by atomic mass is 32.3. The number of aromatic nitrogens is 2. The Hall–Kier alpha value is -0.880. The van der Waals surface area contributed by atoms with E-state index in [1.165, 1.54) is 18.5 Å². The third kappa shape index (κ3) is 3.05. The lowest BCUT2D eigenvalue weighted by molar-refractivity contribution is 0.528. The van der Waals surface area contributed by atoms with E-state index < -0.39 is 10.0 Å². The maximum Gasteiger partial charge on any atom is 0.186 e. The van der Waals surface area contributed by atoms with Gasteiger partial charge < -0.3 is 4.57 Å². The van der Waals surface area contributed by atoms with Crippen molar-refractivity contribution in [2.24, 2.45) is 0 Å². The molecule has 1 aromatic heterocycles. The molecule has 0 radical (unpaired) electrons. The molecule has 2 rings (SSSR count). The van der Waals surface area contributed by atoms with Crippen LogP contribution in [0.5, 0.6) is 0 Å². The van der Waals surface area contributed by atoms with Crippen molar-refractivity contribution in [1.82, 2.24) is 9.55 Å². The van der Waals surface area contributed by atoms with Gasteiger partial charge in [-0.05, 0) is 49.2 Å². The van der Waals surface area contributed by atoms with Gasteiger partial charge in [-0.1, -0.05) is 7.43 Å². The molecule has 0 saturated carbocycles. The van der Waals surface area contributed by atoms with E-state index in [9.17, 15) is 0 Å². The second-order valence-electron chi connectivity index (χ2n) is 4.75. The largest absolute Gasteiger partial charge is 0.321 e. The van der Waals surface area contributed by atoms with Crippen LogP contribution in [0.25, 0.3) is 0 Å². The molecule has 2 heterocycles. The molecule has 0 N–H and O–H groups in total. The van der Waals surface area contributed by atoms with E-state index in [1.54, 1.807) is 0 Å². The third-order valence-electron chi connectivity index (χ3n) is 2.47. The van der Waals surface area contributed by atoms with Gasteiger partial charge in [0, 0.05) is 18.4 Å². The lowest BCUT2D eigenvalue weighted by Gasteiger charge is -2.16. The van der Waals surface area contributed by atoms with Crippen molar-refractivity contribution in [2.75, 3.05) is 18.8 Å². The molecule has 1 aliphatic rings. The minimum Gasteiger partial charge on any atom is -0.321 e. The summed E-state index contributed by atoms with van der Waals surface area (Å²) in [6.07, 6.45) is 12.3. The monoisotopic (exact) mass is 238 g/mol. The number of hydrogen-bond acceptors (Lipinski definition) is 1. The SMILES string of the molecule is C.CS(C)(C)C#Cc1ncc2n1CCCC2. The number of aryl methyl sites for hydroxylation is 1. The molecule has 0 atom stereocenters. The second kappa shape index (κ2) is 4.97. The maximum absolute atomic E-state index is 4.40. The van der Waals surface area contributed by atoms with Crippen LogP contribution in [0.1, 0.15) is 31.8 Å². The van der Waals surface area contributed by atoms with Gasteiger partial charge in [0.25, 0.3) is 0 Å². The highest BCUT2D eigenvalue weighted by Gasteiger charge is 2.12. The van der Waals surface area contributed by atoms with Crippen LogP contribution >= 0.6 is 10.0 Å². The summed E-state index contributed by atoms with van der Waals surface area (Å²) in [6, 6.07) is 0. The van der Waals surface area contributed by atoms with E-state index in [0.29, 0.717) is 0 Å². The van der Waals surface area contributed by atoms with E-state index in [-0.39, 0.29) is 7.43 Å². The van der Waals surface area contributed by atoms with Crippen molar-refractivity contribution in [3.05, 3.63) is 17.7 Å². The fourth-order valence-corrected chi connectivity index (χ4v) is 2.13. The highest BCUT2D eigenvalue weighted by molar-refractivity contribution is 8.35. The molecule has 0 aliphatic carbocycles. The Morgan fingerprint density at radius 3 is 2.75 bits per heavy atom. The van der Waals surface area contributed by atoms with Crippen molar-refractivity contribution in [2.45, 2.75) is 33.2 Å². The summed E-state index contributed by atoms with van der Waals surface area (Å²) >= 11 is 0. The molecule has 16 heavy (non-hydrogen) atoms. The number of hydrogen-bond donors (Lipinski definition) is 0. The fourth-order valence-electron chi connectivity index (χ4n) is 1.73. The van der Waals surface area contributed by atoms with Crippen molar-refractivity contribution >= 4 is 10.0 Å². The molecular formula is C13H22N2S. The zero-order valence-corrected chi connectivity index (χ0v) is 10.5. The van der Waals surface area contributed by atoms with Gasteiger partial charge in [-0.15, -0.1) is 0 Å². The van der Waals surface area contributed by atoms with Gasteiger partial charge in [-0.25, -0.2) is 4.98 Å². The van der Waals surface area contributed by atoms with Crippen LogP contribution in [-0.4, -0.2) is 28.3 Å². The van der Waals surface area contributed by atoms with Gasteiger partial charge in [0.05, 0.1) is 0 Å². The van der Waals surface area contributed by atoms with Gasteiger partial charge in [-0.2, -0.15) is 10.0 Å². The minimum atomic E-state index is -0.741. The summed E-state index contributed by atoms with van der Waals surface area (Å²) in [4.78, 5) is 4.40. The Morgan fingerprint density at radius 1 is 1.31 bits per heavy atom. The zero-order valence-electron chi connectivity index (χ0n) is 9.71. The van der Waals surface area contributed by atoms with Gasteiger partial charge in [-0.3, -0.25) is 0 Å². The molecule has 0 amide bonds. The lowest BCUT2D eigenvalue weighted by atomic mass is 10.1. The molecule has 0 spiro atoms. The molecule has 3 heteroatoms. The van der Waals surface area contributed by atoms with E-state index in [4.69, 9.17) is 0 Å². The first-order chi connectivity index (χ1) is 7.06. The normalized spacial score (nSPS) is 15.4. The number of rotatable bonds is 0. The van der Waals surface area contributed by atoms with Crippen molar-refractivity contribution in [3.63, 3.8) is 0 Å². The lowest BCUT2D eigenvalue weighted by Crippen LogP contribution is -2.11. The summed E-state index contributed by atoms with van der Waals surface area (Å²) in [5.41, 5.74) is 1.36. The van der Waals surface area contributed by atoms with Crippen molar-refractivity contribution in [3.8, 4) is 11.2 Å². The average molecular weight is 238 g/mol. The Morgan fingerprint density at radius 2 is 2.06 bits per heavy atom. The quantitative estimate of drug-likeness (QED) is 0.636. The molecule has 0 saturated heterocycles. The Kier molecular flexibility index (Phi) is 4.09. The summed E-state index contributed by atoms with van der Waals surface area (Å²) in [7, 11) is -0.741. The first-order valence-electron chi connectivity index (χ1n) is 5.32. The molecule has 0 fully saturated rings. The van der Waals surface area contributed by atoms with Crippen molar-refractivity contribution in [1.29, 1.82) is 0 Å². The van der Waals surface area contributed by atoms with E-state index in [0.717, 1.165) is 18.8 Å². The average Bonchev–Trinajstić information content (AvgIpc) is 2.57. The van der Waals surface area contributed by atoms with Crippen LogP contribution in [0, 0.1) is 11.2 Å². The number of nitrogens with zero attached hydrogens (tertiary/aromatic N) is 2. The molecular weight excluding hydrogens is 216 g/mol. The standard InChI is InChI=1S/C12H18N2S.CH4/c1-15(2,3)9-7-12-13-10-11-6-4-5-8-14(11)12;/h10H,4-6,8H2,1-3H3;1H4.